The van der Waals surface area contributed by atoms with Crippen molar-refractivity contribution in [3.63, 3.8) is 0 Å². The highest BCUT2D eigenvalue weighted by atomic mass is 32.2. The van der Waals surface area contributed by atoms with Gasteiger partial charge in [-0.25, -0.2) is 4.83 Å². The molecule has 2 rings (SSSR count). The maximum absolute atomic E-state index is 12.2. The molecule has 6 nitrogen and oxygen atoms in total. The molecule has 0 fully saturated rings. The number of sulfonamides is 1. The van der Waals surface area contributed by atoms with Gasteiger partial charge in [-0.1, -0.05) is 48.0 Å². The number of carbonyl (C=O) groups is 1. The van der Waals surface area contributed by atoms with E-state index in [4.69, 9.17) is 4.74 Å². The summed E-state index contributed by atoms with van der Waals surface area (Å²) in [6, 6.07) is 15.3. The third-order valence-corrected chi connectivity index (χ3v) is 4.67. The summed E-state index contributed by atoms with van der Waals surface area (Å²) in [7, 11) is -3.79. The molecule has 0 bridgehead atoms. The van der Waals surface area contributed by atoms with Crippen LogP contribution in [0.3, 0.4) is 0 Å². The molecule has 0 amide bonds. The van der Waals surface area contributed by atoms with E-state index in [-0.39, 0.29) is 11.5 Å². The van der Waals surface area contributed by atoms with E-state index in [1.54, 1.807) is 43.3 Å². The van der Waals surface area contributed by atoms with E-state index in [0.29, 0.717) is 5.56 Å². The minimum atomic E-state index is -3.79. The summed E-state index contributed by atoms with van der Waals surface area (Å²) < 4.78 is 29.5. The Morgan fingerprint density at radius 2 is 1.80 bits per heavy atom. The van der Waals surface area contributed by atoms with Crippen molar-refractivity contribution in [2.45, 2.75) is 24.7 Å². The Morgan fingerprint density at radius 3 is 2.40 bits per heavy atom. The Hall–Kier alpha value is -2.67. The Morgan fingerprint density at radius 1 is 1.16 bits per heavy atom. The molecule has 2 aromatic carbocycles. The van der Waals surface area contributed by atoms with E-state index >= 15 is 0 Å². The molecule has 0 heterocycles. The lowest BCUT2D eigenvalue weighted by Gasteiger charge is -2.11. The molecule has 2 aromatic rings. The molecule has 0 aliphatic rings. The fraction of sp³-hybridized carbons (Fsp3) is 0.222. The van der Waals surface area contributed by atoms with Crippen molar-refractivity contribution in [3.8, 4) is 0 Å². The molecule has 0 radical (unpaired) electrons. The van der Waals surface area contributed by atoms with Crippen molar-refractivity contribution in [1.82, 2.24) is 4.83 Å². The molecule has 0 saturated heterocycles. The average Bonchev–Trinajstić information content (AvgIpc) is 2.60. The van der Waals surface area contributed by atoms with Gasteiger partial charge >= 0.3 is 5.97 Å². The van der Waals surface area contributed by atoms with Crippen LogP contribution in [0.2, 0.25) is 0 Å². The van der Waals surface area contributed by atoms with Gasteiger partial charge in [0, 0.05) is 6.21 Å². The van der Waals surface area contributed by atoms with Crippen LogP contribution >= 0.6 is 0 Å². The predicted molar refractivity (Wildman–Crippen MR) is 95.8 cm³/mol. The van der Waals surface area contributed by atoms with E-state index in [2.05, 4.69) is 9.93 Å². The van der Waals surface area contributed by atoms with Gasteiger partial charge in [-0.05, 0) is 31.5 Å². The lowest BCUT2D eigenvalue weighted by atomic mass is 10.0. The van der Waals surface area contributed by atoms with Crippen molar-refractivity contribution >= 4 is 22.2 Å². The van der Waals surface area contributed by atoms with Crippen LogP contribution < -0.4 is 4.83 Å². The van der Waals surface area contributed by atoms with Gasteiger partial charge in [-0.3, -0.25) is 4.79 Å². The maximum Gasteiger partial charge on any atom is 0.318 e. The summed E-state index contributed by atoms with van der Waals surface area (Å²) in [4.78, 5) is 14.3. The second-order valence-electron chi connectivity index (χ2n) is 5.33. The Bertz CT molecular complexity index is 831. The Kier molecular flexibility index (Phi) is 6.30. The number of rotatable bonds is 7. The zero-order valence-corrected chi connectivity index (χ0v) is 14.9. The van der Waals surface area contributed by atoms with Crippen LogP contribution in [0.5, 0.6) is 0 Å². The van der Waals surface area contributed by atoms with Gasteiger partial charge in [0.2, 0.25) is 0 Å². The maximum atomic E-state index is 12.2. The lowest BCUT2D eigenvalue weighted by Crippen LogP contribution is -2.22. The highest BCUT2D eigenvalue weighted by Gasteiger charge is 2.20. The van der Waals surface area contributed by atoms with Crippen LogP contribution in [0.25, 0.3) is 0 Å². The number of nitrogens with zero attached hydrogens (tertiary/aromatic N) is 1. The molecule has 0 aromatic heterocycles. The van der Waals surface area contributed by atoms with Crippen LogP contribution in [-0.2, 0) is 19.6 Å². The minimum absolute atomic E-state index is 0.0997. The predicted octanol–water partition coefficient (Wildman–Crippen LogP) is 2.61. The fourth-order valence-electron chi connectivity index (χ4n) is 2.12. The van der Waals surface area contributed by atoms with Gasteiger partial charge < -0.3 is 4.74 Å². The summed E-state index contributed by atoms with van der Waals surface area (Å²) in [5.74, 6) is -1.28. The van der Waals surface area contributed by atoms with Crippen molar-refractivity contribution in [2.75, 3.05) is 6.61 Å². The normalized spacial score (nSPS) is 12.7. The van der Waals surface area contributed by atoms with Gasteiger partial charge in [0.25, 0.3) is 10.0 Å². The van der Waals surface area contributed by atoms with E-state index in [0.717, 1.165) is 5.56 Å². The number of aryl methyl sites for hydroxylation is 1. The molecule has 1 atom stereocenters. The Labute approximate surface area is 147 Å². The fourth-order valence-corrected chi connectivity index (χ4v) is 2.92. The first-order valence-corrected chi connectivity index (χ1v) is 9.25. The monoisotopic (exact) mass is 360 g/mol. The highest BCUT2D eigenvalue weighted by Crippen LogP contribution is 2.16. The van der Waals surface area contributed by atoms with Crippen LogP contribution in [0.15, 0.2) is 64.6 Å². The number of esters is 1. The van der Waals surface area contributed by atoms with Crippen LogP contribution in [0.1, 0.15) is 24.0 Å². The van der Waals surface area contributed by atoms with Gasteiger partial charge in [0.1, 0.15) is 5.92 Å². The first-order chi connectivity index (χ1) is 11.9. The van der Waals surface area contributed by atoms with Crippen LogP contribution in [-0.4, -0.2) is 27.2 Å². The number of hydrazone groups is 1. The standard InChI is InChI=1S/C18H20N2O4S/c1-3-24-18(21)17(15-7-5-4-6-8-15)13-19-20-25(22,23)16-11-9-14(2)10-12-16/h4-13,17,20H,3H2,1-2H3. The van der Waals surface area contributed by atoms with Crippen molar-refractivity contribution < 1.29 is 17.9 Å². The summed E-state index contributed by atoms with van der Waals surface area (Å²) in [5, 5.41) is 3.76. The molecule has 0 aliphatic carbocycles. The minimum Gasteiger partial charge on any atom is -0.465 e. The quantitative estimate of drug-likeness (QED) is 0.467. The second-order valence-corrected chi connectivity index (χ2v) is 6.99. The summed E-state index contributed by atoms with van der Waals surface area (Å²) in [6.45, 7) is 3.80. The molecule has 132 valence electrons. The van der Waals surface area contributed by atoms with Crippen molar-refractivity contribution in [2.24, 2.45) is 5.10 Å². The third-order valence-electron chi connectivity index (χ3n) is 3.43. The molecule has 0 aliphatic heterocycles. The summed E-state index contributed by atoms with van der Waals surface area (Å²) >= 11 is 0. The van der Waals surface area contributed by atoms with Crippen LogP contribution in [0, 0.1) is 6.92 Å². The SMILES string of the molecule is CCOC(=O)C(C=NNS(=O)(=O)c1ccc(C)cc1)c1ccccc1. The molecule has 1 unspecified atom stereocenters. The van der Waals surface area contributed by atoms with Crippen molar-refractivity contribution in [3.05, 3.63) is 65.7 Å². The second kappa shape index (κ2) is 8.43. The molecule has 0 spiro atoms. The van der Waals surface area contributed by atoms with E-state index < -0.39 is 21.9 Å². The third kappa shape index (κ3) is 5.15. The highest BCUT2D eigenvalue weighted by molar-refractivity contribution is 7.89. The zero-order valence-electron chi connectivity index (χ0n) is 14.0. The van der Waals surface area contributed by atoms with E-state index in [9.17, 15) is 13.2 Å². The van der Waals surface area contributed by atoms with E-state index in [1.807, 2.05) is 13.0 Å². The molecular weight excluding hydrogens is 340 g/mol. The number of ether oxygens (including phenoxy) is 1. The molecule has 25 heavy (non-hydrogen) atoms. The number of benzene rings is 2. The summed E-state index contributed by atoms with van der Waals surface area (Å²) in [6.07, 6.45) is 1.24. The topological polar surface area (TPSA) is 84.8 Å². The molecule has 1 N–H and O–H groups in total. The number of nitrogens with one attached hydrogen (secondary N) is 1. The average molecular weight is 360 g/mol. The smallest absolute Gasteiger partial charge is 0.318 e. The van der Waals surface area contributed by atoms with Gasteiger partial charge in [0.15, 0.2) is 0 Å². The van der Waals surface area contributed by atoms with Crippen LogP contribution in [0.4, 0.5) is 0 Å². The number of hydrogen-bond donors (Lipinski definition) is 1. The molecule has 7 heteroatoms. The summed E-state index contributed by atoms with van der Waals surface area (Å²) in [5.41, 5.74) is 1.62. The van der Waals surface area contributed by atoms with Crippen molar-refractivity contribution in [1.29, 1.82) is 0 Å². The largest absolute Gasteiger partial charge is 0.465 e. The molecular formula is C18H20N2O4S. The van der Waals surface area contributed by atoms with E-state index in [1.165, 1.54) is 18.3 Å². The number of carbonyl (C=O) groups excluding carboxylic acids is 1. The Balaban J connectivity index is 2.18. The lowest BCUT2D eigenvalue weighted by molar-refractivity contribution is -0.143. The van der Waals surface area contributed by atoms with Gasteiger partial charge in [0.05, 0.1) is 11.5 Å². The zero-order chi connectivity index (χ0) is 18.3. The van der Waals surface area contributed by atoms with Gasteiger partial charge in [-0.2, -0.15) is 13.5 Å². The molecule has 0 saturated carbocycles. The van der Waals surface area contributed by atoms with Gasteiger partial charge in [-0.15, -0.1) is 0 Å². The first-order valence-electron chi connectivity index (χ1n) is 7.77. The number of hydrogen-bond acceptors (Lipinski definition) is 5. The first kappa shape index (κ1) is 18.7.